The molecule has 0 aliphatic heterocycles. The van der Waals surface area contributed by atoms with Gasteiger partial charge in [0.25, 0.3) is 0 Å². The van der Waals surface area contributed by atoms with Crippen molar-refractivity contribution in [2.45, 2.75) is 13.0 Å². The predicted octanol–water partition coefficient (Wildman–Crippen LogP) is 4.62. The van der Waals surface area contributed by atoms with Crippen LogP contribution in [0.25, 0.3) is 11.5 Å². The molecule has 0 bridgehead atoms. The highest BCUT2D eigenvalue weighted by Gasteiger charge is 2.17. The maximum atomic E-state index is 6.16. The van der Waals surface area contributed by atoms with E-state index in [-0.39, 0.29) is 6.04 Å². The van der Waals surface area contributed by atoms with Gasteiger partial charge in [0.05, 0.1) is 29.6 Å². The average molecular weight is 365 g/mol. The Labute approximate surface area is 148 Å². The van der Waals surface area contributed by atoms with E-state index in [1.165, 1.54) is 0 Å². The van der Waals surface area contributed by atoms with Gasteiger partial charge in [-0.25, -0.2) is 4.98 Å². The minimum absolute atomic E-state index is 0.201. The van der Waals surface area contributed by atoms with Gasteiger partial charge >= 0.3 is 0 Å². The van der Waals surface area contributed by atoms with Crippen molar-refractivity contribution in [3.05, 3.63) is 52.5 Å². The van der Waals surface area contributed by atoms with Crippen LogP contribution in [0, 0.1) is 0 Å². The zero-order chi connectivity index (χ0) is 17.1. The zero-order valence-electron chi connectivity index (χ0n) is 13.0. The van der Waals surface area contributed by atoms with Crippen LogP contribution in [-0.2, 0) is 0 Å². The molecule has 0 amide bonds. The van der Waals surface area contributed by atoms with Crippen molar-refractivity contribution in [1.82, 2.24) is 15.2 Å². The van der Waals surface area contributed by atoms with Crippen LogP contribution < -0.4 is 10.1 Å². The molecule has 2 heterocycles. The first-order valence-corrected chi connectivity index (χ1v) is 7.88. The van der Waals surface area contributed by atoms with Crippen LogP contribution in [0.4, 0.5) is 5.69 Å². The van der Waals surface area contributed by atoms with E-state index in [4.69, 9.17) is 32.4 Å². The second-order valence-electron chi connectivity index (χ2n) is 5.02. The molecule has 8 heteroatoms. The van der Waals surface area contributed by atoms with Crippen LogP contribution in [0.15, 0.2) is 40.9 Å². The summed E-state index contributed by atoms with van der Waals surface area (Å²) >= 11 is 12.1. The van der Waals surface area contributed by atoms with Crippen LogP contribution in [0.5, 0.6) is 5.88 Å². The van der Waals surface area contributed by atoms with Crippen LogP contribution >= 0.6 is 23.2 Å². The van der Waals surface area contributed by atoms with Gasteiger partial charge in [0.15, 0.2) is 0 Å². The first-order valence-electron chi connectivity index (χ1n) is 7.12. The molecule has 1 atom stereocenters. The van der Waals surface area contributed by atoms with Crippen molar-refractivity contribution in [1.29, 1.82) is 0 Å². The number of ether oxygens (including phenoxy) is 1. The number of hydrogen-bond donors (Lipinski definition) is 1. The second kappa shape index (κ2) is 7.07. The normalized spacial score (nSPS) is 12.0. The summed E-state index contributed by atoms with van der Waals surface area (Å²) in [7, 11) is 1.57. The van der Waals surface area contributed by atoms with E-state index < -0.39 is 0 Å². The van der Waals surface area contributed by atoms with Gasteiger partial charge in [-0.3, -0.25) is 0 Å². The quantitative estimate of drug-likeness (QED) is 0.711. The molecule has 24 heavy (non-hydrogen) atoms. The lowest BCUT2D eigenvalue weighted by atomic mass is 10.2. The fraction of sp³-hybridized carbons (Fsp3) is 0.188. The average Bonchev–Trinajstić information content (AvgIpc) is 3.05. The third kappa shape index (κ3) is 3.60. The molecule has 0 aliphatic rings. The third-order valence-electron chi connectivity index (χ3n) is 3.30. The van der Waals surface area contributed by atoms with E-state index in [9.17, 15) is 0 Å². The summed E-state index contributed by atoms with van der Waals surface area (Å²) in [6.07, 6.45) is 1.67. The number of aromatic nitrogens is 3. The lowest BCUT2D eigenvalue weighted by molar-refractivity contribution is 0.398. The number of halogens is 2. The fourth-order valence-corrected chi connectivity index (χ4v) is 2.57. The van der Waals surface area contributed by atoms with Gasteiger partial charge in [-0.1, -0.05) is 23.2 Å². The molecule has 0 radical (unpaired) electrons. The molecule has 1 aromatic carbocycles. The maximum absolute atomic E-state index is 6.16. The minimum atomic E-state index is -0.201. The first-order chi connectivity index (χ1) is 11.6. The molecule has 0 fully saturated rings. The summed E-state index contributed by atoms with van der Waals surface area (Å²) in [5, 5.41) is 12.3. The Balaban J connectivity index is 1.76. The Hall–Kier alpha value is -2.31. The second-order valence-corrected chi connectivity index (χ2v) is 5.87. The molecular formula is C16H14Cl2N4O2. The van der Waals surface area contributed by atoms with Gasteiger partial charge in [-0.05, 0) is 31.2 Å². The van der Waals surface area contributed by atoms with Crippen molar-refractivity contribution in [2.24, 2.45) is 0 Å². The fourth-order valence-electron chi connectivity index (χ4n) is 2.08. The topological polar surface area (TPSA) is 73.1 Å². The number of nitrogens with one attached hydrogen (secondary N) is 1. The Bertz CT molecular complexity index is 836. The summed E-state index contributed by atoms with van der Waals surface area (Å²) < 4.78 is 10.7. The van der Waals surface area contributed by atoms with E-state index in [0.717, 1.165) is 5.69 Å². The number of nitrogens with zero attached hydrogens (tertiary/aromatic N) is 3. The molecule has 3 aromatic rings. The lowest BCUT2D eigenvalue weighted by Crippen LogP contribution is -2.07. The maximum Gasteiger partial charge on any atom is 0.249 e. The SMILES string of the molecule is COc1ccc(NC(C)c2nnc(-c3ccc(Cl)cc3Cl)o2)cn1. The van der Waals surface area contributed by atoms with E-state index >= 15 is 0 Å². The van der Waals surface area contributed by atoms with Crippen molar-refractivity contribution in [2.75, 3.05) is 12.4 Å². The molecular weight excluding hydrogens is 351 g/mol. The molecule has 0 aliphatic carbocycles. The van der Waals surface area contributed by atoms with Gasteiger partial charge in [-0.2, -0.15) is 0 Å². The smallest absolute Gasteiger partial charge is 0.249 e. The van der Waals surface area contributed by atoms with Crippen LogP contribution in [-0.4, -0.2) is 22.3 Å². The van der Waals surface area contributed by atoms with Gasteiger partial charge in [-0.15, -0.1) is 10.2 Å². The van der Waals surface area contributed by atoms with Crippen LogP contribution in [0.2, 0.25) is 10.0 Å². The van der Waals surface area contributed by atoms with Crippen molar-refractivity contribution >= 4 is 28.9 Å². The van der Waals surface area contributed by atoms with Crippen LogP contribution in [0.1, 0.15) is 18.9 Å². The number of hydrogen-bond acceptors (Lipinski definition) is 6. The van der Waals surface area contributed by atoms with Gasteiger partial charge in [0.2, 0.25) is 17.7 Å². The van der Waals surface area contributed by atoms with Crippen molar-refractivity contribution < 1.29 is 9.15 Å². The number of rotatable bonds is 5. The largest absolute Gasteiger partial charge is 0.481 e. The molecule has 124 valence electrons. The van der Waals surface area contributed by atoms with E-state index in [0.29, 0.717) is 33.3 Å². The summed E-state index contributed by atoms with van der Waals surface area (Å²) in [6, 6.07) is 8.52. The van der Waals surface area contributed by atoms with Crippen molar-refractivity contribution in [3.8, 4) is 17.3 Å². The standard InChI is InChI=1S/C16H14Cl2N4O2/c1-9(20-11-4-6-14(23-2)19-8-11)15-21-22-16(24-15)12-5-3-10(17)7-13(12)18/h3-9,20H,1-2H3. The monoisotopic (exact) mass is 364 g/mol. The first kappa shape index (κ1) is 16.5. The van der Waals surface area contributed by atoms with E-state index in [1.807, 2.05) is 13.0 Å². The summed E-state index contributed by atoms with van der Waals surface area (Å²) in [5.74, 6) is 1.32. The Morgan fingerprint density at radius 3 is 2.67 bits per heavy atom. The Kier molecular flexibility index (Phi) is 4.87. The summed E-state index contributed by atoms with van der Waals surface area (Å²) in [4.78, 5) is 4.14. The predicted molar refractivity (Wildman–Crippen MR) is 92.6 cm³/mol. The van der Waals surface area contributed by atoms with Crippen LogP contribution in [0.3, 0.4) is 0 Å². The Morgan fingerprint density at radius 2 is 2.00 bits per heavy atom. The molecule has 2 aromatic heterocycles. The Morgan fingerprint density at radius 1 is 1.17 bits per heavy atom. The summed E-state index contributed by atoms with van der Waals surface area (Å²) in [5.41, 5.74) is 1.45. The third-order valence-corrected chi connectivity index (χ3v) is 3.85. The number of benzene rings is 1. The molecule has 3 rings (SSSR count). The van der Waals surface area contributed by atoms with Crippen molar-refractivity contribution in [3.63, 3.8) is 0 Å². The molecule has 0 spiro atoms. The molecule has 1 unspecified atom stereocenters. The molecule has 0 saturated heterocycles. The van der Waals surface area contributed by atoms with Gasteiger partial charge < -0.3 is 14.5 Å². The highest BCUT2D eigenvalue weighted by atomic mass is 35.5. The molecule has 6 nitrogen and oxygen atoms in total. The number of pyridine rings is 1. The number of anilines is 1. The highest BCUT2D eigenvalue weighted by Crippen LogP contribution is 2.30. The molecule has 1 N–H and O–H groups in total. The summed E-state index contributed by atoms with van der Waals surface area (Å²) in [6.45, 7) is 1.91. The zero-order valence-corrected chi connectivity index (χ0v) is 14.5. The highest BCUT2D eigenvalue weighted by molar-refractivity contribution is 6.36. The molecule has 0 saturated carbocycles. The van der Waals surface area contributed by atoms with E-state index in [1.54, 1.807) is 37.6 Å². The lowest BCUT2D eigenvalue weighted by Gasteiger charge is -2.11. The minimum Gasteiger partial charge on any atom is -0.481 e. The van der Waals surface area contributed by atoms with Gasteiger partial charge in [0.1, 0.15) is 6.04 Å². The van der Waals surface area contributed by atoms with Gasteiger partial charge in [0, 0.05) is 11.1 Å². The number of methoxy groups -OCH3 is 1. The van der Waals surface area contributed by atoms with E-state index in [2.05, 4.69) is 20.5 Å².